The molecule has 1 nitrogen and oxygen atoms in total. The number of hydrogen-bond donors (Lipinski definition) is 0. The lowest BCUT2D eigenvalue weighted by atomic mass is 10.2. The predicted molar refractivity (Wildman–Crippen MR) is 69.1 cm³/mol. The summed E-state index contributed by atoms with van der Waals surface area (Å²) in [6.45, 7) is 6.23. The Morgan fingerprint density at radius 1 is 1.31 bits per heavy atom. The van der Waals surface area contributed by atoms with E-state index in [-0.39, 0.29) is 5.60 Å². The van der Waals surface area contributed by atoms with Gasteiger partial charge >= 0.3 is 0 Å². The molecule has 0 aromatic heterocycles. The molecule has 0 aliphatic rings. The lowest BCUT2D eigenvalue weighted by Crippen LogP contribution is -2.26. The summed E-state index contributed by atoms with van der Waals surface area (Å²) < 4.78 is 7.10. The van der Waals surface area contributed by atoms with Crippen LogP contribution in [0, 0.1) is 3.57 Å². The molecule has 1 aromatic carbocycles. The molecule has 1 rings (SSSR count). The summed E-state index contributed by atoms with van der Waals surface area (Å²) >= 11 is 2.33. The Kier molecular flexibility index (Phi) is 3.40. The largest absolute Gasteiger partial charge is 0.488 e. The summed E-state index contributed by atoms with van der Waals surface area (Å²) in [5.74, 6) is 1.04. The summed E-state index contributed by atoms with van der Waals surface area (Å²) in [5, 5.41) is 1.34. The van der Waals surface area contributed by atoms with Crippen LogP contribution < -0.4 is 9.92 Å². The molecule has 0 saturated carbocycles. The second-order valence-electron chi connectivity index (χ2n) is 4.12. The first-order valence-electron chi connectivity index (χ1n) is 4.34. The molecule has 0 spiro atoms. The van der Waals surface area contributed by atoms with Crippen LogP contribution in [0.25, 0.3) is 0 Å². The van der Waals surface area contributed by atoms with Crippen molar-refractivity contribution >= 4 is 38.0 Å². The molecule has 0 unspecified atom stereocenters. The van der Waals surface area contributed by atoms with E-state index in [1.165, 1.54) is 8.76 Å². The molecular weight excluding hydrogens is 291 g/mol. The Balaban J connectivity index is 2.90. The van der Waals surface area contributed by atoms with Crippen LogP contribution in [0.4, 0.5) is 0 Å². The van der Waals surface area contributed by atoms with Gasteiger partial charge in [-0.05, 0) is 66.7 Å². The van der Waals surface area contributed by atoms with Gasteiger partial charge in [0.2, 0.25) is 0 Å². The summed E-state index contributed by atoms with van der Waals surface area (Å²) in [6, 6.07) is 6.34. The highest BCUT2D eigenvalue weighted by molar-refractivity contribution is 14.1. The third-order valence-corrected chi connectivity index (χ3v) is 3.01. The van der Waals surface area contributed by atoms with Gasteiger partial charge < -0.3 is 4.74 Å². The van der Waals surface area contributed by atoms with Gasteiger partial charge in [-0.1, -0.05) is 0 Å². The Bertz CT molecular complexity index is 304. The smallest absolute Gasteiger partial charge is 0.118 e. The van der Waals surface area contributed by atoms with Crippen LogP contribution in [-0.4, -0.2) is 15.8 Å². The SMILES string of the molecule is CC(C)(C)Oc1ccc(I)cc1[SiH3]. The molecule has 1 aromatic rings. The number of halogens is 1. The van der Waals surface area contributed by atoms with E-state index >= 15 is 0 Å². The number of rotatable bonds is 1. The zero-order valence-corrected chi connectivity index (χ0v) is 12.7. The fraction of sp³-hybridized carbons (Fsp3) is 0.400. The molecule has 0 atom stereocenters. The minimum atomic E-state index is -0.0913. The average Bonchev–Trinajstić information content (AvgIpc) is 1.93. The fourth-order valence-corrected chi connectivity index (χ4v) is 2.87. The van der Waals surface area contributed by atoms with Crippen molar-refractivity contribution in [2.75, 3.05) is 0 Å². The van der Waals surface area contributed by atoms with Crippen molar-refractivity contribution in [1.82, 2.24) is 0 Å². The van der Waals surface area contributed by atoms with Crippen LogP contribution >= 0.6 is 22.6 Å². The highest BCUT2D eigenvalue weighted by Crippen LogP contribution is 2.16. The Morgan fingerprint density at radius 2 is 1.92 bits per heavy atom. The first-order chi connectivity index (χ1) is 5.88. The first-order valence-corrected chi connectivity index (χ1v) is 6.41. The second kappa shape index (κ2) is 4.00. The van der Waals surface area contributed by atoms with Crippen LogP contribution in [-0.2, 0) is 0 Å². The zero-order chi connectivity index (χ0) is 10.1. The maximum Gasteiger partial charge on any atom is 0.118 e. The second-order valence-corrected chi connectivity index (χ2v) is 6.45. The highest BCUT2D eigenvalue weighted by atomic mass is 127. The van der Waals surface area contributed by atoms with Gasteiger partial charge in [0.05, 0.1) is 0 Å². The fourth-order valence-electron chi connectivity index (χ4n) is 1.06. The van der Waals surface area contributed by atoms with Crippen molar-refractivity contribution in [2.24, 2.45) is 0 Å². The standard InChI is InChI=1S/C10H15IOSi/c1-10(2,3)12-8-5-4-7(11)6-9(8)13/h4-6H,1-3,13H3. The van der Waals surface area contributed by atoms with E-state index in [2.05, 4.69) is 61.6 Å². The Labute approximate surface area is 96.4 Å². The van der Waals surface area contributed by atoms with Gasteiger partial charge in [0.15, 0.2) is 0 Å². The maximum atomic E-state index is 5.82. The number of ether oxygens (including phenoxy) is 1. The normalized spacial score (nSPS) is 11.7. The van der Waals surface area contributed by atoms with Crippen molar-refractivity contribution < 1.29 is 4.74 Å². The van der Waals surface area contributed by atoms with E-state index in [0.29, 0.717) is 0 Å². The first kappa shape index (κ1) is 11.0. The lowest BCUT2D eigenvalue weighted by Gasteiger charge is -2.22. The predicted octanol–water partition coefficient (Wildman–Crippen LogP) is 1.46. The number of hydrogen-bond acceptors (Lipinski definition) is 1. The van der Waals surface area contributed by atoms with Crippen LogP contribution in [0.3, 0.4) is 0 Å². The summed E-state index contributed by atoms with van der Waals surface area (Å²) in [6.07, 6.45) is 0. The summed E-state index contributed by atoms with van der Waals surface area (Å²) in [7, 11) is 1.04. The van der Waals surface area contributed by atoms with Crippen molar-refractivity contribution in [1.29, 1.82) is 0 Å². The van der Waals surface area contributed by atoms with E-state index in [9.17, 15) is 0 Å². The molecule has 0 heterocycles. The number of benzene rings is 1. The van der Waals surface area contributed by atoms with Crippen LogP contribution in [0.5, 0.6) is 5.75 Å². The van der Waals surface area contributed by atoms with Gasteiger partial charge in [0.25, 0.3) is 0 Å². The minimum Gasteiger partial charge on any atom is -0.488 e. The van der Waals surface area contributed by atoms with Gasteiger partial charge in [-0.25, -0.2) is 0 Å². The monoisotopic (exact) mass is 306 g/mol. The molecule has 0 bridgehead atoms. The summed E-state index contributed by atoms with van der Waals surface area (Å²) in [5.41, 5.74) is -0.0913. The van der Waals surface area contributed by atoms with Crippen molar-refractivity contribution in [2.45, 2.75) is 26.4 Å². The third kappa shape index (κ3) is 3.68. The minimum absolute atomic E-state index is 0.0913. The molecule has 3 heteroatoms. The van der Waals surface area contributed by atoms with E-state index in [0.717, 1.165) is 16.0 Å². The van der Waals surface area contributed by atoms with Crippen molar-refractivity contribution in [3.63, 3.8) is 0 Å². The molecule has 0 aliphatic carbocycles. The molecule has 0 amide bonds. The van der Waals surface area contributed by atoms with Crippen molar-refractivity contribution in [3.05, 3.63) is 21.8 Å². The van der Waals surface area contributed by atoms with Crippen LogP contribution in [0.1, 0.15) is 20.8 Å². The third-order valence-electron chi connectivity index (χ3n) is 1.55. The topological polar surface area (TPSA) is 9.23 Å². The molecule has 0 N–H and O–H groups in total. The lowest BCUT2D eigenvalue weighted by molar-refractivity contribution is 0.132. The molecule has 0 aliphatic heterocycles. The summed E-state index contributed by atoms with van der Waals surface area (Å²) in [4.78, 5) is 0. The quantitative estimate of drug-likeness (QED) is 0.564. The highest BCUT2D eigenvalue weighted by Gasteiger charge is 2.12. The molecule has 0 saturated heterocycles. The van der Waals surface area contributed by atoms with Gasteiger partial charge in [-0.3, -0.25) is 0 Å². The molecule has 72 valence electrons. The Hall–Kier alpha value is -0.0331. The van der Waals surface area contributed by atoms with Crippen LogP contribution in [0.2, 0.25) is 0 Å². The molecule has 0 radical (unpaired) electrons. The van der Waals surface area contributed by atoms with E-state index in [1.54, 1.807) is 0 Å². The van der Waals surface area contributed by atoms with E-state index in [1.807, 2.05) is 0 Å². The Morgan fingerprint density at radius 3 is 2.38 bits per heavy atom. The average molecular weight is 306 g/mol. The van der Waals surface area contributed by atoms with E-state index < -0.39 is 0 Å². The van der Waals surface area contributed by atoms with Gasteiger partial charge in [-0.15, -0.1) is 0 Å². The van der Waals surface area contributed by atoms with Crippen LogP contribution in [0.15, 0.2) is 18.2 Å². The molecule has 13 heavy (non-hydrogen) atoms. The molecule has 0 fully saturated rings. The maximum absolute atomic E-state index is 5.82. The van der Waals surface area contributed by atoms with Gasteiger partial charge in [0, 0.05) is 13.8 Å². The zero-order valence-electron chi connectivity index (χ0n) is 8.52. The van der Waals surface area contributed by atoms with E-state index in [4.69, 9.17) is 4.74 Å². The van der Waals surface area contributed by atoms with Crippen molar-refractivity contribution in [3.8, 4) is 5.75 Å². The molecular formula is C10H15IOSi. The van der Waals surface area contributed by atoms with Gasteiger partial charge in [0.1, 0.15) is 11.4 Å². The van der Waals surface area contributed by atoms with Gasteiger partial charge in [-0.2, -0.15) is 0 Å².